The summed E-state index contributed by atoms with van der Waals surface area (Å²) >= 11 is 12.6. The van der Waals surface area contributed by atoms with Gasteiger partial charge in [0.1, 0.15) is 5.56 Å². The topological polar surface area (TPSA) is 68.4 Å². The second-order valence-electron chi connectivity index (χ2n) is 10.3. The summed E-state index contributed by atoms with van der Waals surface area (Å²) in [7, 11) is -2.36. The van der Waals surface area contributed by atoms with Crippen molar-refractivity contribution in [2.75, 3.05) is 6.61 Å². The number of rotatable bonds is 8. The third-order valence-electron chi connectivity index (χ3n) is 6.66. The lowest BCUT2D eigenvalue weighted by Gasteiger charge is -2.37. The molecule has 0 bridgehead atoms. The van der Waals surface area contributed by atoms with Crippen molar-refractivity contribution in [3.63, 3.8) is 0 Å². The molecule has 0 saturated carbocycles. The van der Waals surface area contributed by atoms with E-state index in [0.29, 0.717) is 27.5 Å². The lowest BCUT2D eigenvalue weighted by molar-refractivity contribution is 0.0521. The molecule has 1 aromatic heterocycles. The van der Waals surface area contributed by atoms with Crippen molar-refractivity contribution in [3.05, 3.63) is 79.1 Å². The van der Waals surface area contributed by atoms with Crippen LogP contribution in [0, 0.1) is 0 Å². The van der Waals surface area contributed by atoms with Crippen molar-refractivity contribution < 1.29 is 18.3 Å². The van der Waals surface area contributed by atoms with Gasteiger partial charge in [-0.1, -0.05) is 62.2 Å². The normalized spacial score (nSPS) is 13.1. The number of pyridine rings is 1. The summed E-state index contributed by atoms with van der Waals surface area (Å²) in [4.78, 5) is 28.6. The molecular weight excluding hydrogens is 520 g/mol. The number of carbonyl (C=O) groups is 1. The van der Waals surface area contributed by atoms with Crippen LogP contribution in [0.25, 0.3) is 10.9 Å². The monoisotopic (exact) mass is 551 g/mol. The van der Waals surface area contributed by atoms with E-state index in [0.717, 1.165) is 11.1 Å². The van der Waals surface area contributed by atoms with Gasteiger partial charge in [-0.25, -0.2) is 9.18 Å². The van der Waals surface area contributed by atoms with E-state index in [1.807, 2.05) is 46.0 Å². The Morgan fingerprint density at radius 2 is 1.86 bits per heavy atom. The van der Waals surface area contributed by atoms with Gasteiger partial charge in [-0.05, 0) is 60.3 Å². The minimum absolute atomic E-state index is 0.0607. The van der Waals surface area contributed by atoms with Crippen molar-refractivity contribution in [2.45, 2.75) is 65.0 Å². The Balaban J connectivity index is 2.11. The fourth-order valence-corrected chi connectivity index (χ4v) is 5.18. The summed E-state index contributed by atoms with van der Waals surface area (Å²) in [6, 6.07) is 8.86. The maximum Gasteiger partial charge on any atom is 0.343 e. The van der Waals surface area contributed by atoms with Crippen molar-refractivity contribution in [1.82, 2.24) is 4.98 Å². The number of aromatic amines is 1. The van der Waals surface area contributed by atoms with E-state index >= 15 is 4.39 Å². The average molecular weight is 553 g/mol. The first kappa shape index (κ1) is 28.4. The molecule has 0 radical (unpaired) electrons. The molecule has 0 aliphatic carbocycles. The second kappa shape index (κ2) is 11.0. The number of ether oxygens (including phenoxy) is 1. The van der Waals surface area contributed by atoms with Gasteiger partial charge in [-0.15, -0.1) is 0 Å². The molecule has 3 aromatic rings. The molecule has 36 heavy (non-hydrogen) atoms. The quantitative estimate of drug-likeness (QED) is 0.233. The molecule has 0 aliphatic rings. The number of esters is 1. The zero-order valence-electron chi connectivity index (χ0n) is 21.4. The molecule has 2 aromatic carbocycles. The van der Waals surface area contributed by atoms with E-state index in [2.05, 4.69) is 4.98 Å². The first-order chi connectivity index (χ1) is 16.7. The summed E-state index contributed by atoms with van der Waals surface area (Å²) in [5.41, 5.74) is 1.93. The summed E-state index contributed by atoms with van der Waals surface area (Å²) in [6.45, 7) is 11.9. The van der Waals surface area contributed by atoms with Gasteiger partial charge in [0, 0.05) is 18.0 Å². The van der Waals surface area contributed by atoms with E-state index in [9.17, 15) is 9.59 Å². The molecule has 5 nitrogen and oxygen atoms in total. The molecule has 0 saturated heterocycles. The number of alkyl halides is 1. The number of H-pyrrole nitrogens is 1. The van der Waals surface area contributed by atoms with Crippen molar-refractivity contribution >= 4 is 48.4 Å². The van der Waals surface area contributed by atoms with Crippen molar-refractivity contribution in [1.29, 1.82) is 0 Å². The molecule has 194 valence electrons. The molecule has 0 aliphatic heterocycles. The number of aromatic nitrogens is 1. The van der Waals surface area contributed by atoms with Gasteiger partial charge >= 0.3 is 5.97 Å². The lowest BCUT2D eigenvalue weighted by atomic mass is 9.97. The predicted octanol–water partition coefficient (Wildman–Crippen LogP) is 7.46. The van der Waals surface area contributed by atoms with Crippen molar-refractivity contribution in [2.24, 2.45) is 0 Å². The number of fused-ring (bicyclic) bond motifs is 1. The third kappa shape index (κ3) is 6.19. The molecule has 0 spiro atoms. The SMILES string of the molecule is CCOC(=O)c1c[nH]c2c(CC(F)O[Si](C)(C)C(C)(C)C)cc(Cc3cccc(Cl)c3Cl)cc2c1=O. The highest BCUT2D eigenvalue weighted by Gasteiger charge is 2.39. The Morgan fingerprint density at radius 3 is 2.50 bits per heavy atom. The highest BCUT2D eigenvalue weighted by molar-refractivity contribution is 6.74. The van der Waals surface area contributed by atoms with E-state index in [-0.39, 0.29) is 29.0 Å². The molecule has 0 amide bonds. The fraction of sp³-hybridized carbons (Fsp3) is 0.407. The Bertz CT molecular complexity index is 1330. The van der Waals surface area contributed by atoms with Crippen LogP contribution in [0.1, 0.15) is 54.7 Å². The summed E-state index contributed by atoms with van der Waals surface area (Å²) in [5.74, 6) is -0.713. The minimum Gasteiger partial charge on any atom is -0.462 e. The van der Waals surface area contributed by atoms with Crippen LogP contribution in [0.5, 0.6) is 0 Å². The molecule has 3 rings (SSSR count). The van der Waals surface area contributed by atoms with Crippen LogP contribution in [0.4, 0.5) is 4.39 Å². The van der Waals surface area contributed by atoms with E-state index < -0.39 is 26.1 Å². The molecular formula is C27H32Cl2FNO4Si. The maximum atomic E-state index is 15.3. The van der Waals surface area contributed by atoms with Gasteiger partial charge in [0.15, 0.2) is 14.7 Å². The van der Waals surface area contributed by atoms with Crippen LogP contribution in [0.3, 0.4) is 0 Å². The number of carbonyl (C=O) groups excluding carboxylic acids is 1. The zero-order valence-corrected chi connectivity index (χ0v) is 23.9. The predicted molar refractivity (Wildman–Crippen MR) is 147 cm³/mol. The molecule has 9 heteroatoms. The molecule has 1 unspecified atom stereocenters. The average Bonchev–Trinajstić information content (AvgIpc) is 2.76. The number of hydrogen-bond acceptors (Lipinski definition) is 4. The van der Waals surface area contributed by atoms with Crippen LogP contribution in [0.15, 0.2) is 41.3 Å². The van der Waals surface area contributed by atoms with Crippen LogP contribution >= 0.6 is 23.2 Å². The van der Waals surface area contributed by atoms with E-state index in [1.165, 1.54) is 6.20 Å². The zero-order chi connectivity index (χ0) is 26.8. The van der Waals surface area contributed by atoms with Crippen LogP contribution < -0.4 is 5.43 Å². The molecule has 1 atom stereocenters. The Morgan fingerprint density at radius 1 is 1.17 bits per heavy atom. The van der Waals surface area contributed by atoms with Gasteiger partial charge in [-0.2, -0.15) is 0 Å². The van der Waals surface area contributed by atoms with E-state index in [4.69, 9.17) is 32.4 Å². The smallest absolute Gasteiger partial charge is 0.343 e. The standard InChI is InChI=1S/C27H32Cl2FNO4Si/c1-7-34-26(33)20-15-31-24-18(14-22(30)35-36(5,6)27(2,3)4)12-16(13-19(24)25(20)32)11-17-9-8-10-21(28)23(17)29/h8-10,12-13,15,22H,7,11,14H2,1-6H3,(H,31,32). The molecule has 0 fully saturated rings. The van der Waals surface area contributed by atoms with Crippen molar-refractivity contribution in [3.8, 4) is 0 Å². The van der Waals surface area contributed by atoms with E-state index in [1.54, 1.807) is 25.1 Å². The first-order valence-corrected chi connectivity index (χ1v) is 15.5. The number of benzene rings is 2. The van der Waals surface area contributed by atoms with Gasteiger partial charge < -0.3 is 14.1 Å². The lowest BCUT2D eigenvalue weighted by Crippen LogP contribution is -2.43. The first-order valence-electron chi connectivity index (χ1n) is 11.8. The Labute approximate surface area is 222 Å². The number of hydrogen-bond donors (Lipinski definition) is 1. The second-order valence-corrected chi connectivity index (χ2v) is 15.9. The Kier molecular flexibility index (Phi) is 8.71. The maximum absolute atomic E-state index is 15.3. The van der Waals surface area contributed by atoms with Crippen LogP contribution in [-0.4, -0.2) is 32.2 Å². The highest BCUT2D eigenvalue weighted by atomic mass is 35.5. The van der Waals surface area contributed by atoms with Crippen LogP contribution in [0.2, 0.25) is 28.2 Å². The molecule has 1 heterocycles. The summed E-state index contributed by atoms with van der Waals surface area (Å²) < 4.78 is 26.3. The highest BCUT2D eigenvalue weighted by Crippen LogP contribution is 2.38. The summed E-state index contributed by atoms with van der Waals surface area (Å²) in [6.07, 6.45) is 0.0642. The Hall–Kier alpha value is -2.19. The fourth-order valence-electron chi connectivity index (χ4n) is 3.71. The molecule has 1 N–H and O–H groups in total. The van der Waals surface area contributed by atoms with Gasteiger partial charge in [0.2, 0.25) is 5.43 Å². The van der Waals surface area contributed by atoms with Gasteiger partial charge in [0.25, 0.3) is 0 Å². The minimum atomic E-state index is -2.36. The largest absolute Gasteiger partial charge is 0.462 e. The number of halogens is 3. The third-order valence-corrected chi connectivity index (χ3v) is 12.0. The van der Waals surface area contributed by atoms with Crippen LogP contribution in [-0.2, 0) is 22.0 Å². The van der Waals surface area contributed by atoms with Gasteiger partial charge in [0.05, 0.1) is 22.2 Å². The summed E-state index contributed by atoms with van der Waals surface area (Å²) in [5, 5.41) is 0.947. The van der Waals surface area contributed by atoms with Gasteiger partial charge in [-0.3, -0.25) is 4.79 Å². The number of nitrogens with one attached hydrogen (secondary N) is 1.